The molecule has 8 heteroatoms. The lowest BCUT2D eigenvalue weighted by atomic mass is 10.0. The minimum atomic E-state index is -3.84. The molecule has 7 nitrogen and oxygen atoms in total. The highest BCUT2D eigenvalue weighted by Gasteiger charge is 2.26. The van der Waals surface area contributed by atoms with E-state index in [0.29, 0.717) is 16.8 Å². The van der Waals surface area contributed by atoms with Crippen molar-refractivity contribution in [3.63, 3.8) is 0 Å². The van der Waals surface area contributed by atoms with E-state index in [1.165, 1.54) is 17.7 Å². The normalized spacial score (nSPS) is 15.4. The van der Waals surface area contributed by atoms with Crippen molar-refractivity contribution in [1.82, 2.24) is 9.88 Å². The number of aromatic nitrogens is 1. The number of anilines is 1. The van der Waals surface area contributed by atoms with Crippen LogP contribution in [0.5, 0.6) is 0 Å². The molecule has 1 aliphatic heterocycles. The van der Waals surface area contributed by atoms with Crippen molar-refractivity contribution in [2.75, 3.05) is 26.0 Å². The van der Waals surface area contributed by atoms with Crippen LogP contribution >= 0.6 is 0 Å². The third-order valence-corrected chi connectivity index (χ3v) is 5.97. The molecule has 1 aromatic carbocycles. The largest absolute Gasteiger partial charge is 0.359 e. The molecule has 0 atom stereocenters. The standard InChI is InChI=1S/C20H26N4O3S/c1-12-15(6-5-9-24(3)4)13(2)22-19(12)11-17-16-10-14(28(21,26)27)7-8-18(16)23-20(17)25/h7-8,10-11,22H,5-6,9H2,1-4H3,(H,23,25)(H2,21,26,27). The van der Waals surface area contributed by atoms with Gasteiger partial charge in [-0.15, -0.1) is 0 Å². The first-order valence-corrected chi connectivity index (χ1v) is 10.7. The predicted molar refractivity (Wildman–Crippen MR) is 111 cm³/mol. The third kappa shape index (κ3) is 4.04. The summed E-state index contributed by atoms with van der Waals surface area (Å²) in [6.45, 7) is 5.07. The highest BCUT2D eigenvalue weighted by atomic mass is 32.2. The molecule has 0 saturated carbocycles. The summed E-state index contributed by atoms with van der Waals surface area (Å²) >= 11 is 0. The fraction of sp³-hybridized carbons (Fsp3) is 0.350. The Hall–Kier alpha value is -2.42. The number of nitrogens with two attached hydrogens (primary N) is 1. The molecule has 1 amide bonds. The second-order valence-electron chi connectivity index (χ2n) is 7.44. The quantitative estimate of drug-likeness (QED) is 0.644. The van der Waals surface area contributed by atoms with Crippen LogP contribution in [0.4, 0.5) is 5.69 Å². The van der Waals surface area contributed by atoms with E-state index < -0.39 is 10.0 Å². The number of carbonyl (C=O) groups is 1. The van der Waals surface area contributed by atoms with Crippen molar-refractivity contribution in [2.24, 2.45) is 5.14 Å². The van der Waals surface area contributed by atoms with Crippen LogP contribution in [0.25, 0.3) is 11.6 Å². The number of benzene rings is 1. The van der Waals surface area contributed by atoms with Gasteiger partial charge in [0.15, 0.2) is 0 Å². The summed E-state index contributed by atoms with van der Waals surface area (Å²) in [7, 11) is 0.264. The Bertz CT molecular complexity index is 1070. The van der Waals surface area contributed by atoms with Crippen molar-refractivity contribution in [3.8, 4) is 0 Å². The van der Waals surface area contributed by atoms with Crippen LogP contribution in [0, 0.1) is 13.8 Å². The number of sulfonamides is 1. The van der Waals surface area contributed by atoms with E-state index in [2.05, 4.69) is 29.3 Å². The molecule has 0 spiro atoms. The van der Waals surface area contributed by atoms with Gasteiger partial charge in [0.05, 0.1) is 10.5 Å². The summed E-state index contributed by atoms with van der Waals surface area (Å²) < 4.78 is 23.3. The van der Waals surface area contributed by atoms with Gasteiger partial charge in [-0.3, -0.25) is 4.79 Å². The zero-order valence-electron chi connectivity index (χ0n) is 16.6. The number of rotatable bonds is 6. The van der Waals surface area contributed by atoms with E-state index >= 15 is 0 Å². The first kappa shape index (κ1) is 20.3. The van der Waals surface area contributed by atoms with Crippen molar-refractivity contribution in [2.45, 2.75) is 31.6 Å². The number of amides is 1. The number of nitrogens with zero attached hydrogens (tertiary/aromatic N) is 1. The molecular weight excluding hydrogens is 376 g/mol. The van der Waals surface area contributed by atoms with Gasteiger partial charge in [0, 0.05) is 22.6 Å². The van der Waals surface area contributed by atoms with Gasteiger partial charge >= 0.3 is 0 Å². The van der Waals surface area contributed by atoms with E-state index in [9.17, 15) is 13.2 Å². The van der Waals surface area contributed by atoms with Gasteiger partial charge < -0.3 is 15.2 Å². The highest BCUT2D eigenvalue weighted by molar-refractivity contribution is 7.89. The van der Waals surface area contributed by atoms with Gasteiger partial charge in [-0.05, 0) is 82.7 Å². The minimum absolute atomic E-state index is 0.0163. The van der Waals surface area contributed by atoms with Gasteiger partial charge in [-0.25, -0.2) is 13.6 Å². The number of aromatic amines is 1. The molecule has 3 rings (SSSR count). The van der Waals surface area contributed by atoms with Crippen LogP contribution in [0.3, 0.4) is 0 Å². The summed E-state index contributed by atoms with van der Waals surface area (Å²) in [5.41, 5.74) is 5.84. The second kappa shape index (κ2) is 7.54. The summed E-state index contributed by atoms with van der Waals surface area (Å²) in [6, 6.07) is 4.40. The maximum atomic E-state index is 12.5. The molecule has 2 heterocycles. The number of primary sulfonamides is 1. The molecule has 4 N–H and O–H groups in total. The maximum absolute atomic E-state index is 12.5. The SMILES string of the molecule is Cc1[nH]c(C=C2C(=O)Nc3ccc(S(N)(=O)=O)cc32)c(C)c1CCCN(C)C. The average molecular weight is 403 g/mol. The molecule has 28 heavy (non-hydrogen) atoms. The molecule has 0 bridgehead atoms. The third-order valence-electron chi connectivity index (χ3n) is 5.05. The van der Waals surface area contributed by atoms with Crippen molar-refractivity contribution >= 4 is 33.3 Å². The summed E-state index contributed by atoms with van der Waals surface area (Å²) in [4.78, 5) is 18.0. The van der Waals surface area contributed by atoms with Crippen LogP contribution in [0.2, 0.25) is 0 Å². The second-order valence-corrected chi connectivity index (χ2v) is 9.00. The lowest BCUT2D eigenvalue weighted by Gasteiger charge is -2.09. The van der Waals surface area contributed by atoms with Crippen LogP contribution in [-0.2, 0) is 21.2 Å². The Morgan fingerprint density at radius 1 is 1.21 bits per heavy atom. The Morgan fingerprint density at radius 2 is 1.93 bits per heavy atom. The highest BCUT2D eigenvalue weighted by Crippen LogP contribution is 2.35. The topological polar surface area (TPSA) is 108 Å². The number of carbonyl (C=O) groups excluding carboxylic acids is 1. The molecule has 1 aromatic heterocycles. The number of fused-ring (bicyclic) bond motifs is 1. The lowest BCUT2D eigenvalue weighted by Crippen LogP contribution is -2.13. The number of hydrogen-bond donors (Lipinski definition) is 3. The minimum Gasteiger partial charge on any atom is -0.359 e. The van der Waals surface area contributed by atoms with Crippen LogP contribution < -0.4 is 10.5 Å². The van der Waals surface area contributed by atoms with Crippen LogP contribution in [0.1, 0.15) is 34.5 Å². The predicted octanol–water partition coefficient (Wildman–Crippen LogP) is 2.27. The van der Waals surface area contributed by atoms with E-state index in [-0.39, 0.29) is 10.8 Å². The number of nitrogens with one attached hydrogen (secondary N) is 2. The zero-order chi connectivity index (χ0) is 20.6. The first-order chi connectivity index (χ1) is 13.1. The Morgan fingerprint density at radius 3 is 2.57 bits per heavy atom. The van der Waals surface area contributed by atoms with Gasteiger partial charge in [-0.2, -0.15) is 0 Å². The number of hydrogen-bond acceptors (Lipinski definition) is 4. The molecule has 0 fully saturated rings. The molecule has 0 saturated heterocycles. The molecule has 0 aliphatic carbocycles. The van der Waals surface area contributed by atoms with Gasteiger partial charge in [0.1, 0.15) is 0 Å². The molecule has 150 valence electrons. The lowest BCUT2D eigenvalue weighted by molar-refractivity contribution is -0.110. The monoisotopic (exact) mass is 402 g/mol. The van der Waals surface area contributed by atoms with Crippen LogP contribution in [0.15, 0.2) is 23.1 Å². The average Bonchev–Trinajstić information content (AvgIpc) is 3.04. The Balaban J connectivity index is 1.98. The number of aryl methyl sites for hydroxylation is 1. The molecule has 2 aromatic rings. The van der Waals surface area contributed by atoms with Gasteiger partial charge in [0.25, 0.3) is 5.91 Å². The van der Waals surface area contributed by atoms with Crippen molar-refractivity contribution in [1.29, 1.82) is 0 Å². The molecule has 1 aliphatic rings. The van der Waals surface area contributed by atoms with E-state index in [0.717, 1.165) is 36.3 Å². The van der Waals surface area contributed by atoms with E-state index in [1.54, 1.807) is 12.1 Å². The smallest absolute Gasteiger partial charge is 0.256 e. The van der Waals surface area contributed by atoms with Gasteiger partial charge in [0.2, 0.25) is 10.0 Å². The van der Waals surface area contributed by atoms with E-state index in [1.807, 2.05) is 13.8 Å². The van der Waals surface area contributed by atoms with E-state index in [4.69, 9.17) is 5.14 Å². The molecule has 0 unspecified atom stereocenters. The van der Waals surface area contributed by atoms with Gasteiger partial charge in [-0.1, -0.05) is 0 Å². The molecule has 0 radical (unpaired) electrons. The zero-order valence-corrected chi connectivity index (χ0v) is 17.4. The Kier molecular flexibility index (Phi) is 5.47. The molecular formula is C20H26N4O3S. The fourth-order valence-corrected chi connectivity index (χ4v) is 4.08. The maximum Gasteiger partial charge on any atom is 0.256 e. The fourth-order valence-electron chi connectivity index (χ4n) is 3.54. The van der Waals surface area contributed by atoms with Crippen molar-refractivity contribution < 1.29 is 13.2 Å². The van der Waals surface area contributed by atoms with Crippen molar-refractivity contribution in [3.05, 3.63) is 46.3 Å². The summed E-state index contributed by atoms with van der Waals surface area (Å²) in [6.07, 6.45) is 3.78. The number of H-pyrrole nitrogens is 1. The Labute approximate surface area is 165 Å². The summed E-state index contributed by atoms with van der Waals surface area (Å²) in [5.74, 6) is -0.262. The first-order valence-electron chi connectivity index (χ1n) is 9.11. The summed E-state index contributed by atoms with van der Waals surface area (Å²) in [5, 5.41) is 8.01. The van der Waals surface area contributed by atoms with Crippen LogP contribution in [-0.4, -0.2) is 44.8 Å².